The van der Waals surface area contributed by atoms with E-state index < -0.39 is 56.5 Å². The molecule has 3 aromatic rings. The smallest absolute Gasteiger partial charge is 0.408 e. The van der Waals surface area contributed by atoms with Gasteiger partial charge < -0.3 is 44.8 Å². The number of aliphatic carboxylic acids is 1. The minimum Gasteiger partial charge on any atom is -0.496 e. The van der Waals surface area contributed by atoms with E-state index in [9.17, 15) is 24.3 Å². The van der Waals surface area contributed by atoms with E-state index in [0.29, 0.717) is 33.8 Å². The van der Waals surface area contributed by atoms with Crippen molar-refractivity contribution in [1.29, 1.82) is 0 Å². The van der Waals surface area contributed by atoms with Crippen LogP contribution in [-0.4, -0.2) is 89.5 Å². The van der Waals surface area contributed by atoms with Crippen LogP contribution in [0.1, 0.15) is 43.9 Å². The Hall–Kier alpha value is -5.61. The Bertz CT molecular complexity index is 1900. The van der Waals surface area contributed by atoms with E-state index >= 15 is 0 Å². The lowest BCUT2D eigenvalue weighted by Gasteiger charge is -2.39. The van der Waals surface area contributed by atoms with Gasteiger partial charge in [0.2, 0.25) is 5.91 Å². The fraction of sp³-hybridized carbons (Fsp3) is 0.450. The molecule has 0 fully saturated rings. The van der Waals surface area contributed by atoms with Gasteiger partial charge in [-0.1, -0.05) is 68.4 Å². The molecule has 0 saturated heterocycles. The average molecular weight is 807 g/mol. The van der Waals surface area contributed by atoms with Crippen molar-refractivity contribution in [2.24, 2.45) is 10.8 Å². The number of carbonyl (C=O) groups is 4. The average Bonchev–Trinajstić information content (AvgIpc) is 3.17. The molecule has 0 saturated carbocycles. The molecule has 3 aromatic carbocycles. The number of rotatable bonds is 20. The van der Waals surface area contributed by atoms with Crippen LogP contribution in [0.15, 0.2) is 71.8 Å². The van der Waals surface area contributed by atoms with Gasteiger partial charge in [0.25, 0.3) is 0 Å². The van der Waals surface area contributed by atoms with Gasteiger partial charge in [-0.05, 0) is 75.7 Å². The minimum atomic E-state index is -2.47. The summed E-state index contributed by atoms with van der Waals surface area (Å²) in [6.07, 6.45) is -1.95. The molecule has 5 N–H and O–H groups in total. The van der Waals surface area contributed by atoms with Crippen molar-refractivity contribution in [3.05, 3.63) is 93.9 Å². The zero-order valence-corrected chi connectivity index (χ0v) is 34.7. The standard InChI is InChI=1S/C40H54N6O10Si/c1-40(2,3)57(7,8)56-30(23-43-46-42)22-33(37(48)49)44-36(47)32(45-39(51)55-24-25-12-10-9-11-13-25)21-29-19-27(15-17-35(29)53-5)26-14-16-34(52-4)28(18-26)20-31(41)38(50)54-6/h9-19,30-33H,20-24,41H2,1-8H3,(H,44,47)(H,45,51)(H,48,49)/t30-,31+,32+,33+/m1/s1. The highest BCUT2D eigenvalue weighted by molar-refractivity contribution is 6.74. The SMILES string of the molecule is COC(=O)[C@@H](N)Cc1cc(-c2ccc(OC)c(C[C@H](NC(=O)OCc3ccccc3)C(=O)N[C@@H](C[C@H](CN=[N+]=[N-])O[Si](C)(C)C(C)(C)C)C(=O)O)c2)ccc1OC. The number of nitrogens with one attached hydrogen (secondary N) is 2. The summed E-state index contributed by atoms with van der Waals surface area (Å²) >= 11 is 0. The van der Waals surface area contributed by atoms with Crippen molar-refractivity contribution >= 4 is 32.3 Å². The topological polar surface area (TPSA) is 234 Å². The number of benzene rings is 3. The molecular weight excluding hydrogens is 753 g/mol. The lowest BCUT2D eigenvalue weighted by Crippen LogP contribution is -2.54. The Morgan fingerprint density at radius 3 is 1.96 bits per heavy atom. The zero-order valence-electron chi connectivity index (χ0n) is 33.7. The van der Waals surface area contributed by atoms with Crippen molar-refractivity contribution in [3.8, 4) is 22.6 Å². The molecule has 16 nitrogen and oxygen atoms in total. The molecule has 0 unspecified atom stereocenters. The third kappa shape index (κ3) is 13.5. The molecule has 0 aliphatic rings. The summed E-state index contributed by atoms with van der Waals surface area (Å²) in [6.45, 7) is 9.79. The van der Waals surface area contributed by atoms with Crippen molar-refractivity contribution in [2.75, 3.05) is 27.9 Å². The van der Waals surface area contributed by atoms with E-state index in [-0.39, 0.29) is 37.5 Å². The second kappa shape index (κ2) is 21.1. The quantitative estimate of drug-likeness (QED) is 0.0344. The van der Waals surface area contributed by atoms with E-state index in [2.05, 4.69) is 20.7 Å². The Morgan fingerprint density at radius 2 is 1.46 bits per heavy atom. The number of amides is 2. The van der Waals surface area contributed by atoms with Crippen LogP contribution >= 0.6 is 0 Å². The third-order valence-corrected chi connectivity index (χ3v) is 14.3. The maximum atomic E-state index is 14.1. The molecule has 17 heteroatoms. The fourth-order valence-electron chi connectivity index (χ4n) is 5.68. The summed E-state index contributed by atoms with van der Waals surface area (Å²) in [4.78, 5) is 54.9. The van der Waals surface area contributed by atoms with Crippen LogP contribution in [0.4, 0.5) is 4.79 Å². The Morgan fingerprint density at radius 1 is 0.877 bits per heavy atom. The van der Waals surface area contributed by atoms with Gasteiger partial charge >= 0.3 is 18.0 Å². The Balaban J connectivity index is 2.00. The molecular formula is C40H54N6O10Si. The summed E-state index contributed by atoms with van der Waals surface area (Å²) in [5.41, 5.74) is 18.4. The van der Waals surface area contributed by atoms with Crippen LogP contribution < -0.4 is 25.8 Å². The van der Waals surface area contributed by atoms with Gasteiger partial charge in [-0.2, -0.15) is 0 Å². The monoisotopic (exact) mass is 806 g/mol. The maximum Gasteiger partial charge on any atom is 0.408 e. The molecule has 308 valence electrons. The summed E-state index contributed by atoms with van der Waals surface area (Å²) < 4.78 is 27.8. The van der Waals surface area contributed by atoms with Crippen LogP contribution in [-0.2, 0) is 47.7 Å². The van der Waals surface area contributed by atoms with Gasteiger partial charge in [0.15, 0.2) is 8.32 Å². The first-order chi connectivity index (χ1) is 26.9. The van der Waals surface area contributed by atoms with Crippen LogP contribution in [0.5, 0.6) is 11.5 Å². The zero-order chi connectivity index (χ0) is 42.3. The number of carbonyl (C=O) groups excluding carboxylic acids is 3. The van der Waals surface area contributed by atoms with Gasteiger partial charge in [-0.3, -0.25) is 9.59 Å². The predicted molar refractivity (Wildman–Crippen MR) is 216 cm³/mol. The van der Waals surface area contributed by atoms with Gasteiger partial charge in [-0.15, -0.1) is 0 Å². The summed E-state index contributed by atoms with van der Waals surface area (Å²) in [5.74, 6) is -1.83. The number of esters is 1. The highest BCUT2D eigenvalue weighted by Gasteiger charge is 2.40. The summed E-state index contributed by atoms with van der Waals surface area (Å²) in [6, 6.07) is 15.9. The molecule has 0 aliphatic heterocycles. The number of ether oxygens (including phenoxy) is 4. The molecule has 2 amide bonds. The number of nitrogens with zero attached hydrogens (tertiary/aromatic N) is 3. The summed E-state index contributed by atoms with van der Waals surface area (Å²) in [7, 11) is 1.76. The highest BCUT2D eigenvalue weighted by Crippen LogP contribution is 2.38. The molecule has 4 atom stereocenters. The van der Waals surface area contributed by atoms with Gasteiger partial charge in [0.05, 0.1) is 34.0 Å². The van der Waals surface area contributed by atoms with Gasteiger partial charge in [-0.25, -0.2) is 9.59 Å². The molecule has 0 radical (unpaired) electrons. The van der Waals surface area contributed by atoms with Crippen molar-refractivity contribution in [1.82, 2.24) is 10.6 Å². The van der Waals surface area contributed by atoms with Crippen molar-refractivity contribution in [3.63, 3.8) is 0 Å². The van der Waals surface area contributed by atoms with E-state index in [1.807, 2.05) is 52.1 Å². The number of carboxylic acids is 1. The van der Waals surface area contributed by atoms with E-state index in [1.165, 1.54) is 21.3 Å². The van der Waals surface area contributed by atoms with E-state index in [1.54, 1.807) is 48.5 Å². The first kappa shape index (κ1) is 45.8. The second-order valence-corrected chi connectivity index (χ2v) is 19.7. The molecule has 0 spiro atoms. The molecule has 57 heavy (non-hydrogen) atoms. The third-order valence-electron chi connectivity index (χ3n) is 9.81. The van der Waals surface area contributed by atoms with Crippen molar-refractivity contribution in [2.45, 2.75) is 89.0 Å². The van der Waals surface area contributed by atoms with Crippen LogP contribution in [0.3, 0.4) is 0 Å². The molecule has 0 bridgehead atoms. The van der Waals surface area contributed by atoms with E-state index in [4.69, 9.17) is 34.6 Å². The number of alkyl carbamates (subject to hydrolysis) is 1. The maximum absolute atomic E-state index is 14.1. The van der Waals surface area contributed by atoms with Crippen LogP contribution in [0.2, 0.25) is 18.1 Å². The molecule has 0 aliphatic carbocycles. The number of hydrogen-bond acceptors (Lipinski definition) is 11. The predicted octanol–water partition coefficient (Wildman–Crippen LogP) is 5.91. The number of azide groups is 1. The number of hydrogen-bond donors (Lipinski definition) is 4. The van der Waals surface area contributed by atoms with E-state index in [0.717, 1.165) is 5.56 Å². The number of nitrogens with two attached hydrogens (primary N) is 1. The Labute approximate surface area is 334 Å². The number of methoxy groups -OCH3 is 3. The minimum absolute atomic E-state index is 0.0805. The lowest BCUT2D eigenvalue weighted by molar-refractivity contribution is -0.143. The van der Waals surface area contributed by atoms with Crippen LogP contribution in [0, 0.1) is 0 Å². The lowest BCUT2D eigenvalue weighted by atomic mass is 9.95. The molecule has 0 heterocycles. The van der Waals surface area contributed by atoms with Gasteiger partial charge in [0, 0.05) is 24.2 Å². The highest BCUT2D eigenvalue weighted by atomic mass is 28.4. The second-order valence-electron chi connectivity index (χ2n) is 14.9. The normalized spacial score (nSPS) is 13.5. The fourth-order valence-corrected chi connectivity index (χ4v) is 7.04. The van der Waals surface area contributed by atoms with Gasteiger partial charge in [0.1, 0.15) is 36.2 Å². The summed E-state index contributed by atoms with van der Waals surface area (Å²) in [5, 5.41) is 18.9. The molecule has 3 rings (SSSR count). The number of carboxylic acid groups (broad SMARTS) is 1. The molecule has 0 aromatic heterocycles. The van der Waals surface area contributed by atoms with Crippen molar-refractivity contribution < 1.29 is 47.7 Å². The first-order valence-corrected chi connectivity index (χ1v) is 21.2. The Kier molecular flexibility index (Phi) is 16.9. The van der Waals surface area contributed by atoms with Crippen LogP contribution in [0.25, 0.3) is 21.6 Å². The first-order valence-electron chi connectivity index (χ1n) is 18.3. The largest absolute Gasteiger partial charge is 0.496 e.